The van der Waals surface area contributed by atoms with Crippen molar-refractivity contribution in [2.45, 2.75) is 6.92 Å². The molecule has 4 heteroatoms. The number of aromatic nitrogens is 2. The molecule has 0 fully saturated rings. The molecule has 5 rings (SSSR count). The Bertz CT molecular complexity index is 1200. The number of phenols is 1. The van der Waals surface area contributed by atoms with Crippen LogP contribution in [0.15, 0.2) is 116 Å². The monoisotopic (exact) mass is 610 g/mol. The van der Waals surface area contributed by atoms with Gasteiger partial charge in [0.05, 0.1) is 0 Å². The topological polar surface area (TPSA) is 46.0 Å². The van der Waals surface area contributed by atoms with Gasteiger partial charge in [0.25, 0.3) is 0 Å². The smallest absolute Gasteiger partial charge is 0.115 e. The molecule has 0 unspecified atom stereocenters. The van der Waals surface area contributed by atoms with Gasteiger partial charge in [-0.15, -0.1) is 23.8 Å². The summed E-state index contributed by atoms with van der Waals surface area (Å²) in [5.41, 5.74) is 7.34. The van der Waals surface area contributed by atoms with Gasteiger partial charge in [0.2, 0.25) is 0 Å². The van der Waals surface area contributed by atoms with Gasteiger partial charge in [-0.1, -0.05) is 84.8 Å². The summed E-state index contributed by atoms with van der Waals surface area (Å²) >= 11 is 0. The van der Waals surface area contributed by atoms with Crippen molar-refractivity contribution in [3.8, 4) is 39.4 Å². The van der Waals surface area contributed by atoms with E-state index in [0.29, 0.717) is 5.75 Å². The molecule has 3 nitrogen and oxygen atoms in total. The molecular weight excluding hydrogens is 587 g/mol. The molecule has 0 aliphatic carbocycles. The Morgan fingerprint density at radius 2 is 1.09 bits per heavy atom. The summed E-state index contributed by atoms with van der Waals surface area (Å²) in [5, 5.41) is 9.10. The molecule has 166 valence electrons. The molecule has 0 bridgehead atoms. The minimum Gasteiger partial charge on any atom is -0.508 e. The second-order valence-electron chi connectivity index (χ2n) is 7.33. The number of aromatic hydroxyl groups is 1. The Morgan fingerprint density at radius 3 is 1.58 bits per heavy atom. The Balaban J connectivity index is 0.000000192. The maximum Gasteiger partial charge on any atom is 0.115 e. The van der Waals surface area contributed by atoms with Gasteiger partial charge in [0.1, 0.15) is 5.75 Å². The number of hydrogen-bond acceptors (Lipinski definition) is 3. The molecule has 0 aliphatic rings. The van der Waals surface area contributed by atoms with Crippen molar-refractivity contribution in [2.24, 2.45) is 0 Å². The van der Waals surface area contributed by atoms with Crippen molar-refractivity contribution in [3.05, 3.63) is 127 Å². The number of nitrogens with zero attached hydrogens (tertiary/aromatic N) is 2. The molecule has 33 heavy (non-hydrogen) atoms. The summed E-state index contributed by atoms with van der Waals surface area (Å²) < 4.78 is 0. The Hall–Kier alpha value is -3.55. The molecule has 0 atom stereocenters. The third-order valence-corrected chi connectivity index (χ3v) is 4.87. The van der Waals surface area contributed by atoms with E-state index in [4.69, 9.17) is 5.11 Å². The van der Waals surface area contributed by atoms with Crippen LogP contribution in [0.3, 0.4) is 0 Å². The van der Waals surface area contributed by atoms with Crippen molar-refractivity contribution >= 4 is 0 Å². The maximum atomic E-state index is 9.10. The molecular formula is C29H23N2OPt-. The van der Waals surface area contributed by atoms with Crippen LogP contribution in [0.1, 0.15) is 5.56 Å². The van der Waals surface area contributed by atoms with Gasteiger partial charge < -0.3 is 5.11 Å². The largest absolute Gasteiger partial charge is 0.508 e. The van der Waals surface area contributed by atoms with Gasteiger partial charge in [0.15, 0.2) is 0 Å². The summed E-state index contributed by atoms with van der Waals surface area (Å²) in [6.45, 7) is 2.08. The molecule has 0 saturated carbocycles. The van der Waals surface area contributed by atoms with E-state index in [-0.39, 0.29) is 21.1 Å². The third-order valence-electron chi connectivity index (χ3n) is 4.87. The number of pyridine rings is 2. The molecule has 5 aromatic rings. The number of rotatable bonds is 3. The van der Waals surface area contributed by atoms with E-state index in [1.165, 1.54) is 11.1 Å². The first kappa shape index (κ1) is 24.1. The molecule has 2 heterocycles. The average Bonchev–Trinajstić information content (AvgIpc) is 2.86. The van der Waals surface area contributed by atoms with Gasteiger partial charge >= 0.3 is 0 Å². The molecule has 1 N–H and O–H groups in total. The van der Waals surface area contributed by atoms with Crippen LogP contribution >= 0.6 is 0 Å². The summed E-state index contributed by atoms with van der Waals surface area (Å²) in [4.78, 5) is 8.75. The third kappa shape index (κ3) is 6.71. The van der Waals surface area contributed by atoms with Crippen LogP contribution in [0.25, 0.3) is 33.6 Å². The van der Waals surface area contributed by atoms with E-state index in [1.807, 2.05) is 78.9 Å². The van der Waals surface area contributed by atoms with Gasteiger partial charge in [-0.2, -0.15) is 0 Å². The standard InChI is InChI=1S/C17H13N2.C12H10O.Pt/c1-13-10-14(16-6-2-4-8-18-16)12-15(11-13)17-7-3-5-9-19-17;13-12-8-6-11(7-9-12)10-4-2-1-3-5-10;/h2-11H,1H3;1-9,13H;/q-1;;. The average molecular weight is 611 g/mol. The van der Waals surface area contributed by atoms with E-state index in [1.54, 1.807) is 24.5 Å². The van der Waals surface area contributed by atoms with Crippen LogP contribution in [0, 0.1) is 13.0 Å². The van der Waals surface area contributed by atoms with Crippen LogP contribution in [-0.4, -0.2) is 15.1 Å². The first-order chi connectivity index (χ1) is 15.7. The minimum atomic E-state index is 0. The summed E-state index contributed by atoms with van der Waals surface area (Å²) in [5.74, 6) is 0.305. The van der Waals surface area contributed by atoms with Crippen molar-refractivity contribution in [3.63, 3.8) is 0 Å². The summed E-state index contributed by atoms with van der Waals surface area (Å²) in [6, 6.07) is 36.7. The molecule has 0 spiro atoms. The van der Waals surface area contributed by atoms with Gasteiger partial charge in [-0.05, 0) is 35.4 Å². The van der Waals surface area contributed by atoms with Crippen molar-refractivity contribution in [2.75, 3.05) is 0 Å². The molecule has 2 aromatic heterocycles. The van der Waals surface area contributed by atoms with Crippen molar-refractivity contribution in [1.29, 1.82) is 0 Å². The maximum absolute atomic E-state index is 9.10. The predicted octanol–water partition coefficient (Wildman–Crippen LogP) is 6.98. The fraction of sp³-hybridized carbons (Fsp3) is 0.0345. The van der Waals surface area contributed by atoms with Crippen LogP contribution in [0.5, 0.6) is 5.75 Å². The molecule has 3 aromatic carbocycles. The Labute approximate surface area is 209 Å². The zero-order valence-electron chi connectivity index (χ0n) is 18.1. The van der Waals surface area contributed by atoms with Crippen LogP contribution < -0.4 is 0 Å². The SMILES string of the molecule is Cc1cc(-c2ccccn2)[c-]c(-c2ccccn2)c1.Oc1ccc(-c2ccccc2)cc1.[Pt]. The van der Waals surface area contributed by atoms with E-state index >= 15 is 0 Å². The van der Waals surface area contributed by atoms with Crippen molar-refractivity contribution < 1.29 is 26.2 Å². The normalized spacial score (nSPS) is 9.85. The van der Waals surface area contributed by atoms with E-state index in [0.717, 1.165) is 28.1 Å². The summed E-state index contributed by atoms with van der Waals surface area (Å²) in [6.07, 6.45) is 3.60. The zero-order chi connectivity index (χ0) is 22.2. The first-order valence-corrected chi connectivity index (χ1v) is 10.4. The van der Waals surface area contributed by atoms with E-state index in [9.17, 15) is 0 Å². The second kappa shape index (κ2) is 11.9. The fourth-order valence-corrected chi connectivity index (χ4v) is 3.32. The predicted molar refractivity (Wildman–Crippen MR) is 130 cm³/mol. The second-order valence-corrected chi connectivity index (χ2v) is 7.33. The molecule has 0 aliphatic heterocycles. The number of aryl methyl sites for hydroxylation is 1. The fourth-order valence-electron chi connectivity index (χ4n) is 3.32. The van der Waals surface area contributed by atoms with Crippen LogP contribution in [0.4, 0.5) is 0 Å². The van der Waals surface area contributed by atoms with Crippen LogP contribution in [-0.2, 0) is 21.1 Å². The number of benzene rings is 3. The Morgan fingerprint density at radius 1 is 0.606 bits per heavy atom. The van der Waals surface area contributed by atoms with E-state index < -0.39 is 0 Å². The molecule has 0 radical (unpaired) electrons. The van der Waals surface area contributed by atoms with Gasteiger partial charge in [0, 0.05) is 44.8 Å². The first-order valence-electron chi connectivity index (χ1n) is 10.4. The van der Waals surface area contributed by atoms with Crippen molar-refractivity contribution in [1.82, 2.24) is 9.97 Å². The zero-order valence-corrected chi connectivity index (χ0v) is 20.4. The van der Waals surface area contributed by atoms with Crippen LogP contribution in [0.2, 0.25) is 0 Å². The van der Waals surface area contributed by atoms with Gasteiger partial charge in [-0.3, -0.25) is 9.97 Å². The van der Waals surface area contributed by atoms with E-state index in [2.05, 4.69) is 35.1 Å². The molecule has 0 saturated heterocycles. The minimum absolute atomic E-state index is 0. The number of phenolic OH excluding ortho intramolecular Hbond substituents is 1. The molecule has 0 amide bonds. The van der Waals surface area contributed by atoms with Gasteiger partial charge in [-0.25, -0.2) is 0 Å². The Kier molecular flexibility index (Phi) is 8.69. The number of hydrogen-bond donors (Lipinski definition) is 1. The summed E-state index contributed by atoms with van der Waals surface area (Å²) in [7, 11) is 0. The quantitative estimate of drug-likeness (QED) is 0.225.